The van der Waals surface area contributed by atoms with Crippen molar-refractivity contribution < 1.29 is 13.6 Å². The molecule has 0 saturated heterocycles. The van der Waals surface area contributed by atoms with Gasteiger partial charge >= 0.3 is 0 Å². The molecule has 138 valence electrons. The van der Waals surface area contributed by atoms with Gasteiger partial charge in [-0.05, 0) is 42.2 Å². The van der Waals surface area contributed by atoms with E-state index in [1.165, 1.54) is 0 Å². The van der Waals surface area contributed by atoms with Gasteiger partial charge in [-0.25, -0.2) is 0 Å². The van der Waals surface area contributed by atoms with E-state index in [4.69, 9.17) is 8.85 Å². The average molecular weight is 361 g/mol. The lowest BCUT2D eigenvalue weighted by atomic mass is 10.1. The molecule has 0 aliphatic heterocycles. The van der Waals surface area contributed by atoms with Crippen molar-refractivity contribution in [1.29, 1.82) is 0 Å². The van der Waals surface area contributed by atoms with Crippen LogP contribution >= 0.6 is 0 Å². The Morgan fingerprint density at radius 2 is 1.26 bits per heavy atom. The summed E-state index contributed by atoms with van der Waals surface area (Å²) >= 11 is 0. The first-order valence-electron chi connectivity index (χ1n) is 8.80. The van der Waals surface area contributed by atoms with E-state index in [1.807, 2.05) is 0 Å². The van der Waals surface area contributed by atoms with Crippen molar-refractivity contribution in [3.8, 4) is 0 Å². The zero-order valence-corrected chi connectivity index (χ0v) is 19.6. The number of hydrogen-bond donors (Lipinski definition) is 0. The smallest absolute Gasteiger partial charge is 0.295 e. The average Bonchev–Trinajstić information content (AvgIpc) is 2.23. The second-order valence-corrected chi connectivity index (χ2v) is 19.6. The normalized spacial score (nSPS) is 15.7. The van der Waals surface area contributed by atoms with Crippen LogP contribution in [0.25, 0.3) is 0 Å². The van der Waals surface area contributed by atoms with Gasteiger partial charge in [0.15, 0.2) is 8.32 Å². The van der Waals surface area contributed by atoms with Crippen LogP contribution in [0.2, 0.25) is 36.3 Å². The molecule has 1 atom stereocenters. The lowest BCUT2D eigenvalue weighted by molar-refractivity contribution is -0.138. The maximum atomic E-state index is 12.5. The summed E-state index contributed by atoms with van der Waals surface area (Å²) in [5.74, 6) is 0.199. The Morgan fingerprint density at radius 1 is 0.870 bits per heavy atom. The molecule has 5 heteroatoms. The molecule has 0 fully saturated rings. The van der Waals surface area contributed by atoms with Crippen LogP contribution in [0.1, 0.15) is 61.8 Å². The first-order valence-corrected chi connectivity index (χ1v) is 14.6. The van der Waals surface area contributed by atoms with Crippen molar-refractivity contribution in [2.24, 2.45) is 5.92 Å². The fourth-order valence-electron chi connectivity index (χ4n) is 1.61. The summed E-state index contributed by atoms with van der Waals surface area (Å²) in [6, 6.07) is 0. The predicted octanol–water partition coefficient (Wildman–Crippen LogP) is 5.97. The summed E-state index contributed by atoms with van der Waals surface area (Å²) in [5, 5.41) is 0.180. The van der Waals surface area contributed by atoms with Gasteiger partial charge in [-0.2, -0.15) is 0 Å². The summed E-state index contributed by atoms with van der Waals surface area (Å²) in [4.78, 5) is 12.5. The molecule has 3 nitrogen and oxygen atoms in total. The molecule has 0 aliphatic carbocycles. The minimum atomic E-state index is -2.06. The van der Waals surface area contributed by atoms with Gasteiger partial charge in [-0.15, -0.1) is 0 Å². The van der Waals surface area contributed by atoms with Crippen LogP contribution in [0.15, 0.2) is 0 Å². The summed E-state index contributed by atoms with van der Waals surface area (Å²) in [7, 11) is -3.95. The molecule has 0 bridgehead atoms. The summed E-state index contributed by atoms with van der Waals surface area (Å²) in [6.07, 6.45) is 0.296. The molecule has 0 aromatic rings. The fourth-order valence-corrected chi connectivity index (χ4v) is 4.04. The fraction of sp³-hybridized carbons (Fsp3) is 0.944. The molecule has 0 heterocycles. The second kappa shape index (κ2) is 7.40. The van der Waals surface area contributed by atoms with Crippen molar-refractivity contribution in [2.45, 2.75) is 104 Å². The van der Waals surface area contributed by atoms with Crippen LogP contribution in [-0.2, 0) is 13.6 Å². The van der Waals surface area contributed by atoms with E-state index in [0.29, 0.717) is 12.3 Å². The molecule has 0 radical (unpaired) electrons. The van der Waals surface area contributed by atoms with Gasteiger partial charge in [-0.1, -0.05) is 55.4 Å². The van der Waals surface area contributed by atoms with Crippen LogP contribution < -0.4 is 0 Å². The van der Waals surface area contributed by atoms with Gasteiger partial charge in [-0.3, -0.25) is 4.79 Å². The SMILES string of the molecule is CC(C)C(CC(=O)O[Si](C)(C)C(C)(C)C)O[Si](C)(C)C(C)(C)C. The van der Waals surface area contributed by atoms with E-state index in [1.54, 1.807) is 0 Å². The van der Waals surface area contributed by atoms with Crippen LogP contribution in [-0.4, -0.2) is 28.7 Å². The highest BCUT2D eigenvalue weighted by Crippen LogP contribution is 2.39. The molecule has 0 N–H and O–H groups in total. The lowest BCUT2D eigenvalue weighted by Gasteiger charge is -2.41. The van der Waals surface area contributed by atoms with Crippen molar-refractivity contribution in [3.05, 3.63) is 0 Å². The van der Waals surface area contributed by atoms with Gasteiger partial charge in [0.2, 0.25) is 0 Å². The van der Waals surface area contributed by atoms with E-state index in [9.17, 15) is 4.79 Å². The molecular weight excluding hydrogens is 320 g/mol. The molecule has 0 aliphatic rings. The minimum Gasteiger partial charge on any atom is -0.519 e. The number of rotatable bonds is 6. The second-order valence-electron chi connectivity index (χ2n) is 10.1. The summed E-state index contributed by atoms with van der Waals surface area (Å²) in [6.45, 7) is 26.1. The van der Waals surface area contributed by atoms with Gasteiger partial charge in [0.05, 0.1) is 12.5 Å². The van der Waals surface area contributed by atoms with Crippen molar-refractivity contribution in [3.63, 3.8) is 0 Å². The Hall–Kier alpha value is -0.136. The highest BCUT2D eigenvalue weighted by Gasteiger charge is 2.42. The van der Waals surface area contributed by atoms with E-state index in [0.717, 1.165) is 0 Å². The maximum absolute atomic E-state index is 12.5. The van der Waals surface area contributed by atoms with Crippen molar-refractivity contribution in [1.82, 2.24) is 0 Å². The van der Waals surface area contributed by atoms with E-state index in [2.05, 4.69) is 81.6 Å². The Morgan fingerprint density at radius 3 is 1.57 bits per heavy atom. The standard InChI is InChI=1S/C18H40O3Si2/c1-14(2)15(20-22(9,10)17(3,4)5)13-16(19)21-23(11,12)18(6,7)8/h14-15H,13H2,1-12H3. The largest absolute Gasteiger partial charge is 0.519 e. The van der Waals surface area contributed by atoms with E-state index in [-0.39, 0.29) is 22.1 Å². The Kier molecular flexibility index (Phi) is 7.36. The van der Waals surface area contributed by atoms with Gasteiger partial charge in [0.25, 0.3) is 14.3 Å². The zero-order chi connectivity index (χ0) is 18.9. The lowest BCUT2D eigenvalue weighted by Crippen LogP contribution is -2.47. The number of carbonyl (C=O) groups excluding carboxylic acids is 1. The summed E-state index contributed by atoms with van der Waals surface area (Å²) in [5.41, 5.74) is 0. The first-order chi connectivity index (χ1) is 9.91. The maximum Gasteiger partial charge on any atom is 0.295 e. The van der Waals surface area contributed by atoms with E-state index < -0.39 is 16.6 Å². The molecule has 0 saturated carbocycles. The summed E-state index contributed by atoms with van der Waals surface area (Å²) < 4.78 is 12.4. The minimum absolute atomic E-state index is 0.0380. The topological polar surface area (TPSA) is 35.5 Å². The first kappa shape index (κ1) is 22.9. The molecule has 0 amide bonds. The Bertz CT molecular complexity index is 401. The van der Waals surface area contributed by atoms with Crippen LogP contribution in [0.4, 0.5) is 0 Å². The molecule has 23 heavy (non-hydrogen) atoms. The predicted molar refractivity (Wildman–Crippen MR) is 105 cm³/mol. The Balaban J connectivity index is 5.02. The Labute approximate surface area is 146 Å². The molecular formula is C18H40O3Si2. The van der Waals surface area contributed by atoms with Gasteiger partial charge in [0, 0.05) is 0 Å². The van der Waals surface area contributed by atoms with Crippen molar-refractivity contribution >= 4 is 22.6 Å². The molecule has 0 aromatic carbocycles. The highest BCUT2D eigenvalue weighted by molar-refractivity contribution is 6.75. The third-order valence-electron chi connectivity index (χ3n) is 5.54. The monoisotopic (exact) mass is 360 g/mol. The number of carbonyl (C=O) groups is 1. The molecule has 0 aromatic heterocycles. The zero-order valence-electron chi connectivity index (χ0n) is 17.6. The van der Waals surface area contributed by atoms with Crippen LogP contribution in [0.5, 0.6) is 0 Å². The van der Waals surface area contributed by atoms with E-state index >= 15 is 0 Å². The highest BCUT2D eigenvalue weighted by atomic mass is 28.4. The quantitative estimate of drug-likeness (QED) is 0.547. The van der Waals surface area contributed by atoms with Gasteiger partial charge in [0.1, 0.15) is 0 Å². The van der Waals surface area contributed by atoms with Crippen LogP contribution in [0, 0.1) is 5.92 Å². The van der Waals surface area contributed by atoms with Crippen LogP contribution in [0.3, 0.4) is 0 Å². The molecule has 1 unspecified atom stereocenters. The molecule has 0 spiro atoms. The number of hydrogen-bond acceptors (Lipinski definition) is 3. The van der Waals surface area contributed by atoms with Gasteiger partial charge < -0.3 is 8.85 Å². The third kappa shape index (κ3) is 6.71. The third-order valence-corrected chi connectivity index (χ3v) is 14.4. The molecule has 0 rings (SSSR count). The van der Waals surface area contributed by atoms with Crippen molar-refractivity contribution in [2.75, 3.05) is 0 Å².